The van der Waals surface area contributed by atoms with Crippen LogP contribution in [0.15, 0.2) is 18.2 Å². The van der Waals surface area contributed by atoms with E-state index in [1.54, 1.807) is 0 Å². The Labute approximate surface area is 130 Å². The second-order valence-electron chi connectivity index (χ2n) is 7.62. The van der Waals surface area contributed by atoms with Gasteiger partial charge in [0.15, 0.2) is 0 Å². The molecule has 21 heavy (non-hydrogen) atoms. The molecule has 0 amide bonds. The molecule has 1 fully saturated rings. The zero-order valence-electron chi connectivity index (χ0n) is 14.7. The van der Waals surface area contributed by atoms with Gasteiger partial charge in [-0.3, -0.25) is 0 Å². The van der Waals surface area contributed by atoms with E-state index in [1.165, 1.54) is 36.1 Å². The average molecular weight is 288 g/mol. The predicted octanol–water partition coefficient (Wildman–Crippen LogP) is 4.65. The molecule has 1 saturated heterocycles. The van der Waals surface area contributed by atoms with Crippen LogP contribution in [0.1, 0.15) is 65.0 Å². The van der Waals surface area contributed by atoms with Gasteiger partial charge in [0, 0.05) is 29.9 Å². The molecule has 0 aromatic heterocycles. The van der Waals surface area contributed by atoms with Crippen molar-refractivity contribution < 1.29 is 0 Å². The topological polar surface area (TPSA) is 15.3 Å². The van der Waals surface area contributed by atoms with Gasteiger partial charge in [0.2, 0.25) is 0 Å². The van der Waals surface area contributed by atoms with E-state index in [9.17, 15) is 0 Å². The first-order valence-corrected chi connectivity index (χ1v) is 8.44. The van der Waals surface area contributed by atoms with Crippen molar-refractivity contribution in [3.05, 3.63) is 29.3 Å². The second kappa shape index (κ2) is 6.39. The van der Waals surface area contributed by atoms with Gasteiger partial charge in [-0.1, -0.05) is 19.1 Å². The number of nitrogens with one attached hydrogen (secondary N) is 1. The summed E-state index contributed by atoms with van der Waals surface area (Å²) >= 11 is 0. The highest BCUT2D eigenvalue weighted by Crippen LogP contribution is 2.34. The molecule has 2 rings (SSSR count). The normalized spacial score (nSPS) is 22.9. The van der Waals surface area contributed by atoms with Crippen LogP contribution in [0, 0.1) is 6.92 Å². The van der Waals surface area contributed by atoms with Crippen LogP contribution in [-0.4, -0.2) is 17.6 Å². The Morgan fingerprint density at radius 2 is 1.95 bits per heavy atom. The molecule has 2 unspecified atom stereocenters. The molecule has 0 spiro atoms. The smallest absolute Gasteiger partial charge is 0.0401 e. The van der Waals surface area contributed by atoms with E-state index in [1.807, 2.05) is 0 Å². The fraction of sp³-hybridized carbons (Fsp3) is 0.684. The lowest BCUT2D eigenvalue weighted by Crippen LogP contribution is -2.35. The maximum absolute atomic E-state index is 3.57. The van der Waals surface area contributed by atoms with Crippen LogP contribution in [0.3, 0.4) is 0 Å². The van der Waals surface area contributed by atoms with Gasteiger partial charge in [-0.15, -0.1) is 0 Å². The van der Waals surface area contributed by atoms with Crippen LogP contribution in [0.5, 0.6) is 0 Å². The molecule has 0 saturated carbocycles. The van der Waals surface area contributed by atoms with Crippen molar-refractivity contribution in [2.45, 2.75) is 85.0 Å². The van der Waals surface area contributed by atoms with Gasteiger partial charge in [-0.05, 0) is 71.1 Å². The van der Waals surface area contributed by atoms with Gasteiger partial charge >= 0.3 is 0 Å². The Hall–Kier alpha value is -1.02. The predicted molar refractivity (Wildman–Crippen MR) is 93.0 cm³/mol. The van der Waals surface area contributed by atoms with Crippen LogP contribution in [0.4, 0.5) is 5.69 Å². The lowest BCUT2D eigenvalue weighted by molar-refractivity contribution is 0.424. The van der Waals surface area contributed by atoms with Gasteiger partial charge in [0.1, 0.15) is 0 Å². The molecule has 0 radical (unpaired) electrons. The Morgan fingerprint density at radius 1 is 1.24 bits per heavy atom. The van der Waals surface area contributed by atoms with Crippen molar-refractivity contribution in [3.8, 4) is 0 Å². The third kappa shape index (κ3) is 4.00. The van der Waals surface area contributed by atoms with Gasteiger partial charge in [-0.2, -0.15) is 0 Å². The summed E-state index contributed by atoms with van der Waals surface area (Å²) < 4.78 is 0. The molecule has 0 aliphatic carbocycles. The van der Waals surface area contributed by atoms with E-state index in [2.05, 4.69) is 70.0 Å². The summed E-state index contributed by atoms with van der Waals surface area (Å²) in [5, 5.41) is 3.57. The molecule has 118 valence electrons. The van der Waals surface area contributed by atoms with Gasteiger partial charge in [-0.25, -0.2) is 0 Å². The van der Waals surface area contributed by atoms with Crippen LogP contribution >= 0.6 is 0 Å². The Morgan fingerprint density at radius 3 is 2.52 bits per heavy atom. The maximum Gasteiger partial charge on any atom is 0.0401 e. The first kappa shape index (κ1) is 16.4. The molecule has 0 bridgehead atoms. The summed E-state index contributed by atoms with van der Waals surface area (Å²) in [6, 6.07) is 8.37. The van der Waals surface area contributed by atoms with Crippen molar-refractivity contribution in [2.75, 3.05) is 4.90 Å². The lowest BCUT2D eigenvalue weighted by atomic mass is 10.0. The highest BCUT2D eigenvalue weighted by molar-refractivity contribution is 5.56. The number of aryl methyl sites for hydroxylation is 1. The summed E-state index contributed by atoms with van der Waals surface area (Å²) in [7, 11) is 0. The summed E-state index contributed by atoms with van der Waals surface area (Å²) in [4.78, 5) is 2.65. The molecule has 2 heteroatoms. The molecule has 1 aliphatic rings. The quantitative estimate of drug-likeness (QED) is 0.867. The molecular weight excluding hydrogens is 256 g/mol. The summed E-state index contributed by atoms with van der Waals surface area (Å²) in [6.07, 6.45) is 3.91. The van der Waals surface area contributed by atoms with Crippen LogP contribution in [0.2, 0.25) is 0 Å². The van der Waals surface area contributed by atoms with Crippen molar-refractivity contribution >= 4 is 5.69 Å². The third-order valence-electron chi connectivity index (χ3n) is 4.62. The number of hydrogen-bond acceptors (Lipinski definition) is 2. The number of anilines is 1. The molecule has 1 aromatic carbocycles. The molecular formula is C19H32N2. The van der Waals surface area contributed by atoms with E-state index in [0.29, 0.717) is 6.04 Å². The van der Waals surface area contributed by atoms with E-state index >= 15 is 0 Å². The van der Waals surface area contributed by atoms with Crippen LogP contribution < -0.4 is 10.2 Å². The van der Waals surface area contributed by atoms with Crippen molar-refractivity contribution in [2.24, 2.45) is 0 Å². The molecule has 1 aliphatic heterocycles. The SMILES string of the molecule is CCC1CCC(C)N1c1ccc(CNC(C)(C)C)cc1C. The van der Waals surface area contributed by atoms with E-state index in [-0.39, 0.29) is 5.54 Å². The van der Waals surface area contributed by atoms with Crippen molar-refractivity contribution in [1.82, 2.24) is 5.32 Å². The first-order valence-electron chi connectivity index (χ1n) is 8.44. The van der Waals surface area contributed by atoms with Gasteiger partial charge < -0.3 is 10.2 Å². The number of hydrogen-bond donors (Lipinski definition) is 1. The van der Waals surface area contributed by atoms with Crippen molar-refractivity contribution in [1.29, 1.82) is 0 Å². The first-order chi connectivity index (χ1) is 9.81. The molecule has 1 N–H and O–H groups in total. The standard InChI is InChI=1S/C19H32N2/c1-7-17-10-8-15(3)21(17)18-11-9-16(12-14(18)2)13-20-19(4,5)6/h9,11-12,15,17,20H,7-8,10,13H2,1-6H3. The largest absolute Gasteiger partial charge is 0.366 e. The Balaban J connectivity index is 2.15. The fourth-order valence-corrected chi connectivity index (χ4v) is 3.39. The number of benzene rings is 1. The van der Waals surface area contributed by atoms with Gasteiger partial charge in [0.05, 0.1) is 0 Å². The van der Waals surface area contributed by atoms with Crippen LogP contribution in [-0.2, 0) is 6.54 Å². The minimum absolute atomic E-state index is 0.170. The van der Waals surface area contributed by atoms with Crippen LogP contribution in [0.25, 0.3) is 0 Å². The highest BCUT2D eigenvalue weighted by atomic mass is 15.2. The Bertz CT molecular complexity index is 473. The Kier molecular flexibility index (Phi) is 4.98. The van der Waals surface area contributed by atoms with E-state index < -0.39 is 0 Å². The lowest BCUT2D eigenvalue weighted by Gasteiger charge is -2.32. The second-order valence-corrected chi connectivity index (χ2v) is 7.62. The minimum Gasteiger partial charge on any atom is -0.366 e. The maximum atomic E-state index is 3.57. The monoisotopic (exact) mass is 288 g/mol. The zero-order chi connectivity index (χ0) is 15.6. The van der Waals surface area contributed by atoms with E-state index in [0.717, 1.165) is 12.6 Å². The average Bonchev–Trinajstić information content (AvgIpc) is 2.77. The number of rotatable bonds is 4. The molecule has 1 heterocycles. The molecule has 2 atom stereocenters. The molecule has 1 aromatic rings. The highest BCUT2D eigenvalue weighted by Gasteiger charge is 2.30. The summed E-state index contributed by atoms with van der Waals surface area (Å²) in [6.45, 7) is 14.5. The summed E-state index contributed by atoms with van der Waals surface area (Å²) in [5.74, 6) is 0. The van der Waals surface area contributed by atoms with Crippen molar-refractivity contribution in [3.63, 3.8) is 0 Å². The fourth-order valence-electron chi connectivity index (χ4n) is 3.39. The summed E-state index contributed by atoms with van der Waals surface area (Å²) in [5.41, 5.74) is 4.40. The van der Waals surface area contributed by atoms with E-state index in [4.69, 9.17) is 0 Å². The number of nitrogens with zero attached hydrogens (tertiary/aromatic N) is 1. The molecule has 2 nitrogen and oxygen atoms in total. The third-order valence-corrected chi connectivity index (χ3v) is 4.62. The minimum atomic E-state index is 0.170. The van der Waals surface area contributed by atoms with Gasteiger partial charge in [0.25, 0.3) is 0 Å². The zero-order valence-corrected chi connectivity index (χ0v) is 14.7.